The van der Waals surface area contributed by atoms with Gasteiger partial charge in [-0.15, -0.1) is 0 Å². The van der Waals surface area contributed by atoms with E-state index in [-0.39, 0.29) is 17.2 Å². The molecule has 0 aromatic heterocycles. The second kappa shape index (κ2) is 5.52. The number of nitrogens with one attached hydrogen (secondary N) is 1. The minimum absolute atomic E-state index is 0.00538. The summed E-state index contributed by atoms with van der Waals surface area (Å²) < 4.78 is 26.6. The number of aromatic hydroxyl groups is 1. The summed E-state index contributed by atoms with van der Waals surface area (Å²) in [7, 11) is -3.61. The molecule has 0 unspecified atom stereocenters. The van der Waals surface area contributed by atoms with Crippen LogP contribution in [-0.2, 0) is 16.6 Å². The van der Waals surface area contributed by atoms with Crippen molar-refractivity contribution >= 4 is 15.7 Å². The number of sulfonamides is 1. The molecule has 0 spiro atoms. The summed E-state index contributed by atoms with van der Waals surface area (Å²) in [6.45, 7) is 1.86. The third kappa shape index (κ3) is 3.28. The van der Waals surface area contributed by atoms with E-state index in [1.165, 1.54) is 24.3 Å². The molecule has 2 aromatic carbocycles. The Hall–Kier alpha value is -2.05. The molecule has 2 aromatic rings. The van der Waals surface area contributed by atoms with Crippen molar-refractivity contribution in [2.75, 3.05) is 5.73 Å². The number of aryl methyl sites for hydroxylation is 1. The Morgan fingerprint density at radius 2 is 1.80 bits per heavy atom. The van der Waals surface area contributed by atoms with E-state index in [1.54, 1.807) is 18.2 Å². The van der Waals surface area contributed by atoms with Crippen LogP contribution in [0.2, 0.25) is 0 Å². The van der Waals surface area contributed by atoms with Crippen LogP contribution in [0.3, 0.4) is 0 Å². The third-order valence-corrected chi connectivity index (χ3v) is 4.30. The topological polar surface area (TPSA) is 92.4 Å². The van der Waals surface area contributed by atoms with E-state index in [4.69, 9.17) is 5.73 Å². The van der Waals surface area contributed by atoms with Gasteiger partial charge in [-0.1, -0.05) is 17.7 Å². The molecule has 4 N–H and O–H groups in total. The molecule has 0 aliphatic carbocycles. The van der Waals surface area contributed by atoms with Gasteiger partial charge in [0.25, 0.3) is 0 Å². The lowest BCUT2D eigenvalue weighted by Crippen LogP contribution is -2.23. The Bertz CT molecular complexity index is 710. The second-order valence-corrected chi connectivity index (χ2v) is 6.29. The van der Waals surface area contributed by atoms with Gasteiger partial charge in [-0.3, -0.25) is 0 Å². The molecule has 0 aliphatic rings. The first-order valence-corrected chi connectivity index (χ1v) is 7.50. The Labute approximate surface area is 118 Å². The van der Waals surface area contributed by atoms with Crippen molar-refractivity contribution in [3.63, 3.8) is 0 Å². The maximum Gasteiger partial charge on any atom is 0.240 e. The average Bonchev–Trinajstić information content (AvgIpc) is 2.40. The number of hydrogen-bond acceptors (Lipinski definition) is 4. The number of phenolic OH excluding ortho intramolecular Hbond substituents is 1. The smallest absolute Gasteiger partial charge is 0.240 e. The molecule has 2 rings (SSSR count). The molecule has 0 saturated carbocycles. The van der Waals surface area contributed by atoms with Gasteiger partial charge >= 0.3 is 0 Å². The van der Waals surface area contributed by atoms with Crippen LogP contribution in [0.25, 0.3) is 0 Å². The van der Waals surface area contributed by atoms with Gasteiger partial charge in [0, 0.05) is 17.8 Å². The van der Waals surface area contributed by atoms with Crippen LogP contribution in [0.4, 0.5) is 5.69 Å². The maximum absolute atomic E-state index is 12.1. The molecule has 6 heteroatoms. The molecule has 0 fully saturated rings. The maximum atomic E-state index is 12.1. The molecule has 0 heterocycles. The molecule has 0 aliphatic heterocycles. The molecule has 0 radical (unpaired) electrons. The van der Waals surface area contributed by atoms with Crippen LogP contribution >= 0.6 is 0 Å². The van der Waals surface area contributed by atoms with Crippen molar-refractivity contribution in [2.45, 2.75) is 18.4 Å². The number of benzene rings is 2. The highest BCUT2D eigenvalue weighted by atomic mass is 32.2. The first-order valence-electron chi connectivity index (χ1n) is 6.02. The minimum Gasteiger partial charge on any atom is -0.508 e. The van der Waals surface area contributed by atoms with Gasteiger partial charge in [0.1, 0.15) is 5.75 Å². The summed E-state index contributed by atoms with van der Waals surface area (Å²) in [5.41, 5.74) is 7.49. The fourth-order valence-electron chi connectivity index (χ4n) is 1.72. The van der Waals surface area contributed by atoms with Crippen molar-refractivity contribution in [3.8, 4) is 5.75 Å². The lowest BCUT2D eigenvalue weighted by molar-refractivity contribution is 0.467. The third-order valence-electron chi connectivity index (χ3n) is 2.89. The predicted octanol–water partition coefficient (Wildman–Crippen LogP) is 1.76. The molecule has 20 heavy (non-hydrogen) atoms. The molecule has 0 atom stereocenters. The summed E-state index contributed by atoms with van der Waals surface area (Å²) in [6.07, 6.45) is 0. The van der Waals surface area contributed by atoms with Gasteiger partial charge in [-0.05, 0) is 37.3 Å². The summed E-state index contributed by atoms with van der Waals surface area (Å²) in [5.74, 6) is 0.00538. The minimum atomic E-state index is -3.61. The van der Waals surface area contributed by atoms with Gasteiger partial charge < -0.3 is 10.8 Å². The molecular formula is C14H16N2O3S. The standard InChI is InChI=1S/C14H16N2O3S/c1-10-2-5-13(6-3-10)20(18,19)16-9-11-8-12(15)4-7-14(11)17/h2-8,16-17H,9,15H2,1H3. The van der Waals surface area contributed by atoms with Crippen LogP contribution in [0.15, 0.2) is 47.4 Å². The zero-order valence-electron chi connectivity index (χ0n) is 11.0. The highest BCUT2D eigenvalue weighted by Crippen LogP contribution is 2.20. The van der Waals surface area contributed by atoms with Gasteiger partial charge in [0.15, 0.2) is 0 Å². The summed E-state index contributed by atoms with van der Waals surface area (Å²) in [4.78, 5) is 0.187. The second-order valence-electron chi connectivity index (χ2n) is 4.53. The van der Waals surface area contributed by atoms with E-state index in [0.29, 0.717) is 11.3 Å². The molecule has 0 bridgehead atoms. The summed E-state index contributed by atoms with van der Waals surface area (Å²) >= 11 is 0. The number of phenols is 1. The van der Waals surface area contributed by atoms with Crippen LogP contribution in [0, 0.1) is 6.92 Å². The van der Waals surface area contributed by atoms with E-state index >= 15 is 0 Å². The van der Waals surface area contributed by atoms with Gasteiger partial charge in [0.2, 0.25) is 10.0 Å². The van der Waals surface area contributed by atoms with Crippen molar-refractivity contribution in [1.82, 2.24) is 4.72 Å². The van der Waals surface area contributed by atoms with Crippen molar-refractivity contribution in [2.24, 2.45) is 0 Å². The number of hydrogen-bond donors (Lipinski definition) is 3. The molecular weight excluding hydrogens is 276 g/mol. The zero-order chi connectivity index (χ0) is 14.8. The molecule has 106 valence electrons. The average molecular weight is 292 g/mol. The number of anilines is 1. The molecule has 0 amide bonds. The van der Waals surface area contributed by atoms with E-state index in [2.05, 4.69) is 4.72 Å². The normalized spacial score (nSPS) is 11.4. The number of nitrogen functional groups attached to an aromatic ring is 1. The van der Waals surface area contributed by atoms with E-state index in [0.717, 1.165) is 5.56 Å². The SMILES string of the molecule is Cc1ccc(S(=O)(=O)NCc2cc(N)ccc2O)cc1. The quantitative estimate of drug-likeness (QED) is 0.591. The van der Waals surface area contributed by atoms with Crippen LogP contribution in [0.1, 0.15) is 11.1 Å². The fourth-order valence-corrected chi connectivity index (χ4v) is 2.73. The Morgan fingerprint density at radius 3 is 2.45 bits per heavy atom. The zero-order valence-corrected chi connectivity index (χ0v) is 11.8. The predicted molar refractivity (Wildman–Crippen MR) is 77.7 cm³/mol. The van der Waals surface area contributed by atoms with Crippen molar-refractivity contribution in [1.29, 1.82) is 0 Å². The van der Waals surface area contributed by atoms with E-state index in [9.17, 15) is 13.5 Å². The Morgan fingerprint density at radius 1 is 1.15 bits per heavy atom. The van der Waals surface area contributed by atoms with Crippen molar-refractivity contribution < 1.29 is 13.5 Å². The highest BCUT2D eigenvalue weighted by Gasteiger charge is 2.14. The first-order chi connectivity index (χ1) is 9.38. The molecule has 0 saturated heterocycles. The lowest BCUT2D eigenvalue weighted by atomic mass is 10.2. The van der Waals surface area contributed by atoms with E-state index < -0.39 is 10.0 Å². The fraction of sp³-hybridized carbons (Fsp3) is 0.143. The Kier molecular flexibility index (Phi) is 3.96. The van der Waals surface area contributed by atoms with Crippen molar-refractivity contribution in [3.05, 3.63) is 53.6 Å². The molecule has 5 nitrogen and oxygen atoms in total. The van der Waals surface area contributed by atoms with Gasteiger partial charge in [-0.25, -0.2) is 13.1 Å². The highest BCUT2D eigenvalue weighted by molar-refractivity contribution is 7.89. The Balaban J connectivity index is 2.17. The summed E-state index contributed by atoms with van der Waals surface area (Å²) in [6, 6.07) is 11.1. The van der Waals surface area contributed by atoms with Crippen LogP contribution < -0.4 is 10.5 Å². The first kappa shape index (κ1) is 14.4. The summed E-state index contributed by atoms with van der Waals surface area (Å²) in [5, 5.41) is 9.65. The number of rotatable bonds is 4. The van der Waals surface area contributed by atoms with Gasteiger partial charge in [0.05, 0.1) is 4.90 Å². The van der Waals surface area contributed by atoms with Gasteiger partial charge in [-0.2, -0.15) is 0 Å². The monoisotopic (exact) mass is 292 g/mol. The van der Waals surface area contributed by atoms with Crippen LogP contribution in [-0.4, -0.2) is 13.5 Å². The largest absolute Gasteiger partial charge is 0.508 e. The van der Waals surface area contributed by atoms with E-state index in [1.807, 2.05) is 6.92 Å². The van der Waals surface area contributed by atoms with Crippen LogP contribution in [0.5, 0.6) is 5.75 Å². The lowest BCUT2D eigenvalue weighted by Gasteiger charge is -2.09. The number of nitrogens with two attached hydrogens (primary N) is 1.